The van der Waals surface area contributed by atoms with Gasteiger partial charge in [0.05, 0.1) is 11.4 Å². The van der Waals surface area contributed by atoms with Crippen molar-refractivity contribution in [2.45, 2.75) is 0 Å². The van der Waals surface area contributed by atoms with Gasteiger partial charge < -0.3 is 11.1 Å². The van der Waals surface area contributed by atoms with Gasteiger partial charge in [-0.1, -0.05) is 15.9 Å². The molecular formula is C13H9BrN2OS2. The summed E-state index contributed by atoms with van der Waals surface area (Å²) in [6.45, 7) is 0. The van der Waals surface area contributed by atoms with Gasteiger partial charge in [0.2, 0.25) is 0 Å². The predicted octanol–water partition coefficient (Wildman–Crippen LogP) is 4.56. The van der Waals surface area contributed by atoms with Crippen LogP contribution in [0, 0.1) is 0 Å². The van der Waals surface area contributed by atoms with E-state index in [9.17, 15) is 4.79 Å². The Morgan fingerprint density at radius 2 is 2.16 bits per heavy atom. The normalized spacial score (nSPS) is 10.8. The van der Waals surface area contributed by atoms with Crippen molar-refractivity contribution in [1.29, 1.82) is 0 Å². The number of hydrogen-bond acceptors (Lipinski definition) is 4. The zero-order chi connectivity index (χ0) is 13.4. The summed E-state index contributed by atoms with van der Waals surface area (Å²) in [6, 6.07) is 7.70. The highest BCUT2D eigenvalue weighted by atomic mass is 79.9. The average Bonchev–Trinajstić information content (AvgIpc) is 2.98. The second-order valence-corrected chi connectivity index (χ2v) is 6.70. The maximum atomic E-state index is 12.2. The lowest BCUT2D eigenvalue weighted by atomic mass is 10.2. The first-order valence-corrected chi connectivity index (χ1v) is 8.01. The van der Waals surface area contributed by atoms with Gasteiger partial charge in [0, 0.05) is 19.9 Å². The Balaban J connectivity index is 2.00. The Kier molecular flexibility index (Phi) is 3.30. The van der Waals surface area contributed by atoms with Gasteiger partial charge in [0.25, 0.3) is 5.91 Å². The summed E-state index contributed by atoms with van der Waals surface area (Å²) >= 11 is 6.36. The molecule has 0 aliphatic rings. The maximum absolute atomic E-state index is 12.2. The van der Waals surface area contributed by atoms with E-state index in [1.165, 1.54) is 22.7 Å². The Hall–Kier alpha value is -1.37. The van der Waals surface area contributed by atoms with Gasteiger partial charge in [-0.2, -0.15) is 11.3 Å². The summed E-state index contributed by atoms with van der Waals surface area (Å²) in [5.41, 5.74) is 7.40. The monoisotopic (exact) mass is 352 g/mol. The van der Waals surface area contributed by atoms with E-state index >= 15 is 0 Å². The Labute approximate surface area is 126 Å². The first-order valence-electron chi connectivity index (χ1n) is 5.46. The van der Waals surface area contributed by atoms with Gasteiger partial charge in [0.1, 0.15) is 4.88 Å². The smallest absolute Gasteiger partial charge is 0.267 e. The van der Waals surface area contributed by atoms with Crippen LogP contribution in [0.25, 0.3) is 10.1 Å². The first kappa shape index (κ1) is 12.7. The second-order valence-electron chi connectivity index (χ2n) is 3.95. The number of hydrogen-bond donors (Lipinski definition) is 2. The van der Waals surface area contributed by atoms with Crippen LogP contribution < -0.4 is 11.1 Å². The molecule has 0 aliphatic heterocycles. The minimum atomic E-state index is -0.159. The van der Waals surface area contributed by atoms with Crippen LogP contribution in [0.15, 0.2) is 39.5 Å². The zero-order valence-corrected chi connectivity index (χ0v) is 12.9. The molecule has 1 amide bonds. The molecule has 0 radical (unpaired) electrons. The molecule has 3 rings (SSSR count). The molecule has 1 aromatic carbocycles. The SMILES string of the molecule is Nc1c(C(=O)Nc2ccsc2)sc2ccc(Br)cc12. The van der Waals surface area contributed by atoms with Gasteiger partial charge in [0.15, 0.2) is 0 Å². The molecule has 0 fully saturated rings. The Bertz CT molecular complexity index is 749. The van der Waals surface area contributed by atoms with Gasteiger partial charge >= 0.3 is 0 Å². The fraction of sp³-hybridized carbons (Fsp3) is 0. The molecule has 0 bridgehead atoms. The summed E-state index contributed by atoms with van der Waals surface area (Å²) in [4.78, 5) is 12.8. The molecule has 96 valence electrons. The molecule has 6 heteroatoms. The van der Waals surface area contributed by atoms with E-state index < -0.39 is 0 Å². The van der Waals surface area contributed by atoms with Crippen molar-refractivity contribution in [2.75, 3.05) is 11.1 Å². The molecule has 19 heavy (non-hydrogen) atoms. The number of fused-ring (bicyclic) bond motifs is 1. The minimum absolute atomic E-state index is 0.159. The van der Waals surface area contributed by atoms with Crippen molar-refractivity contribution in [3.8, 4) is 0 Å². The quantitative estimate of drug-likeness (QED) is 0.710. The molecule has 0 saturated heterocycles. The molecule has 0 spiro atoms. The predicted molar refractivity (Wildman–Crippen MR) is 86.2 cm³/mol. The van der Waals surface area contributed by atoms with Gasteiger partial charge in [-0.15, -0.1) is 11.3 Å². The third-order valence-corrected chi connectivity index (χ3v) is 5.04. The standard InChI is InChI=1S/C13H9BrN2OS2/c14-7-1-2-10-9(5-7)11(15)12(19-10)13(17)16-8-3-4-18-6-8/h1-6H,15H2,(H,16,17). The minimum Gasteiger partial charge on any atom is -0.397 e. The van der Waals surface area contributed by atoms with Crippen LogP contribution in [0.3, 0.4) is 0 Å². The van der Waals surface area contributed by atoms with Gasteiger partial charge in [-0.3, -0.25) is 4.79 Å². The highest BCUT2D eigenvalue weighted by molar-refractivity contribution is 9.10. The van der Waals surface area contributed by atoms with Crippen LogP contribution in [0.5, 0.6) is 0 Å². The highest BCUT2D eigenvalue weighted by Gasteiger charge is 2.16. The lowest BCUT2D eigenvalue weighted by Gasteiger charge is -2.01. The molecule has 3 nitrogen and oxygen atoms in total. The van der Waals surface area contributed by atoms with Gasteiger partial charge in [-0.25, -0.2) is 0 Å². The van der Waals surface area contributed by atoms with Crippen molar-refractivity contribution >= 4 is 66.0 Å². The number of anilines is 2. The number of rotatable bonds is 2. The maximum Gasteiger partial charge on any atom is 0.267 e. The number of thiophene rings is 2. The van der Waals surface area contributed by atoms with Crippen LogP contribution in [0.4, 0.5) is 11.4 Å². The van der Waals surface area contributed by atoms with E-state index in [2.05, 4.69) is 21.2 Å². The number of nitrogens with one attached hydrogen (secondary N) is 1. The van der Waals surface area contributed by atoms with E-state index in [0.717, 1.165) is 20.2 Å². The van der Waals surface area contributed by atoms with Crippen molar-refractivity contribution in [1.82, 2.24) is 0 Å². The van der Waals surface area contributed by atoms with Crippen molar-refractivity contribution in [2.24, 2.45) is 0 Å². The lowest BCUT2D eigenvalue weighted by molar-refractivity contribution is 0.103. The molecule has 3 aromatic rings. The number of carbonyl (C=O) groups is 1. The Morgan fingerprint density at radius 3 is 2.89 bits per heavy atom. The van der Waals surface area contributed by atoms with E-state index in [-0.39, 0.29) is 5.91 Å². The molecule has 2 aromatic heterocycles. The van der Waals surface area contributed by atoms with Crippen LogP contribution >= 0.6 is 38.6 Å². The fourth-order valence-electron chi connectivity index (χ4n) is 1.78. The molecule has 3 N–H and O–H groups in total. The van der Waals surface area contributed by atoms with Crippen molar-refractivity contribution in [3.63, 3.8) is 0 Å². The van der Waals surface area contributed by atoms with E-state index in [0.29, 0.717) is 10.6 Å². The molecule has 2 heterocycles. The highest BCUT2D eigenvalue weighted by Crippen LogP contribution is 2.35. The lowest BCUT2D eigenvalue weighted by Crippen LogP contribution is -2.11. The molecule has 0 aliphatic carbocycles. The number of carbonyl (C=O) groups excluding carboxylic acids is 1. The molecular weight excluding hydrogens is 344 g/mol. The number of benzene rings is 1. The third-order valence-electron chi connectivity index (χ3n) is 2.67. The topological polar surface area (TPSA) is 55.1 Å². The summed E-state index contributed by atoms with van der Waals surface area (Å²) in [6.07, 6.45) is 0. The molecule has 0 unspecified atom stereocenters. The number of nitrogen functional groups attached to an aromatic ring is 1. The number of nitrogens with two attached hydrogens (primary N) is 1. The largest absolute Gasteiger partial charge is 0.397 e. The fourth-order valence-corrected chi connectivity index (χ4v) is 3.73. The van der Waals surface area contributed by atoms with E-state index in [1.807, 2.05) is 35.0 Å². The molecule has 0 saturated carbocycles. The van der Waals surface area contributed by atoms with Gasteiger partial charge in [-0.05, 0) is 29.6 Å². The number of amides is 1. The van der Waals surface area contributed by atoms with Crippen LogP contribution in [-0.2, 0) is 0 Å². The third kappa shape index (κ3) is 2.39. The van der Waals surface area contributed by atoms with E-state index in [4.69, 9.17) is 5.73 Å². The van der Waals surface area contributed by atoms with Crippen LogP contribution in [-0.4, -0.2) is 5.91 Å². The average molecular weight is 353 g/mol. The summed E-state index contributed by atoms with van der Waals surface area (Å²) in [5.74, 6) is -0.159. The van der Waals surface area contributed by atoms with Crippen LogP contribution in [0.1, 0.15) is 9.67 Å². The summed E-state index contributed by atoms with van der Waals surface area (Å²) < 4.78 is 1.96. The van der Waals surface area contributed by atoms with Crippen LogP contribution in [0.2, 0.25) is 0 Å². The van der Waals surface area contributed by atoms with E-state index in [1.54, 1.807) is 0 Å². The summed E-state index contributed by atoms with van der Waals surface area (Å²) in [5, 5.41) is 7.56. The van der Waals surface area contributed by atoms with Crippen molar-refractivity contribution in [3.05, 3.63) is 44.4 Å². The number of halogens is 1. The zero-order valence-electron chi connectivity index (χ0n) is 9.64. The summed E-state index contributed by atoms with van der Waals surface area (Å²) in [7, 11) is 0. The second kappa shape index (κ2) is 4.96. The first-order chi connectivity index (χ1) is 9.15. The molecule has 0 atom stereocenters. The van der Waals surface area contributed by atoms with Crippen molar-refractivity contribution < 1.29 is 4.79 Å². The Morgan fingerprint density at radius 1 is 1.32 bits per heavy atom.